The van der Waals surface area contributed by atoms with Crippen LogP contribution in [0.2, 0.25) is 0 Å². The lowest BCUT2D eigenvalue weighted by atomic mass is 10.2. The summed E-state index contributed by atoms with van der Waals surface area (Å²) in [5.74, 6) is 1.87. The predicted octanol–water partition coefficient (Wildman–Crippen LogP) is 7.83. The Kier molecular flexibility index (Phi) is 5.04. The molecule has 0 saturated heterocycles. The van der Waals surface area contributed by atoms with Gasteiger partial charge in [-0.2, -0.15) is 9.97 Å². The highest BCUT2D eigenvalue weighted by atomic mass is 79.9. The molecule has 0 amide bonds. The quantitative estimate of drug-likeness (QED) is 0.223. The van der Waals surface area contributed by atoms with Crippen LogP contribution in [0.1, 0.15) is 0 Å². The molecule has 0 radical (unpaired) electrons. The molecule has 0 fully saturated rings. The second-order valence-electron chi connectivity index (χ2n) is 7.67. The van der Waals surface area contributed by atoms with Gasteiger partial charge in [-0.15, -0.1) is 0 Å². The van der Waals surface area contributed by atoms with Crippen molar-refractivity contribution >= 4 is 53.7 Å². The number of nitrogens with zero attached hydrogens (tertiary/aromatic N) is 4. The number of fused-ring (bicyclic) bond motifs is 3. The van der Waals surface area contributed by atoms with Gasteiger partial charge in [0.05, 0.1) is 11.0 Å². The lowest BCUT2D eigenvalue weighted by Crippen LogP contribution is -2.06. The maximum absolute atomic E-state index is 4.93. The van der Waals surface area contributed by atoms with E-state index in [1.54, 1.807) is 0 Å². The minimum Gasteiger partial charge on any atom is -0.278 e. The van der Waals surface area contributed by atoms with Crippen LogP contribution in [0.3, 0.4) is 0 Å². The van der Waals surface area contributed by atoms with E-state index in [-0.39, 0.29) is 0 Å². The summed E-state index contributed by atoms with van der Waals surface area (Å²) in [6, 6.07) is 32.6. The minimum absolute atomic E-state index is 0.590. The van der Waals surface area contributed by atoms with Crippen molar-refractivity contribution in [2.75, 3.05) is 0 Å². The number of aromatic nitrogens is 4. The molecule has 0 aliphatic rings. The van der Waals surface area contributed by atoms with Crippen LogP contribution >= 0.6 is 31.9 Å². The average Bonchev–Trinajstić information content (AvgIpc) is 3.17. The summed E-state index contributed by atoms with van der Waals surface area (Å²) >= 11 is 7.25. The maximum Gasteiger partial charge on any atom is 0.238 e. The Morgan fingerprint density at radius 3 is 1.42 bits per heavy atom. The van der Waals surface area contributed by atoms with Crippen molar-refractivity contribution < 1.29 is 0 Å². The molecule has 6 aromatic rings. The molecule has 2 heterocycles. The Morgan fingerprint density at radius 1 is 0.515 bits per heavy atom. The van der Waals surface area contributed by atoms with Crippen LogP contribution in [-0.4, -0.2) is 19.5 Å². The van der Waals surface area contributed by atoms with Gasteiger partial charge in [0.25, 0.3) is 0 Å². The molecule has 158 valence electrons. The van der Waals surface area contributed by atoms with Crippen LogP contribution in [0.5, 0.6) is 0 Å². The first-order chi connectivity index (χ1) is 16.2. The molecule has 2 aromatic heterocycles. The maximum atomic E-state index is 4.93. The van der Waals surface area contributed by atoms with E-state index in [1.165, 1.54) is 0 Å². The molecular formula is C27H16Br2N4. The summed E-state index contributed by atoms with van der Waals surface area (Å²) in [6.45, 7) is 0. The third kappa shape index (κ3) is 3.65. The van der Waals surface area contributed by atoms with Gasteiger partial charge in [0.1, 0.15) is 0 Å². The van der Waals surface area contributed by atoms with Crippen molar-refractivity contribution in [3.05, 3.63) is 106 Å². The molecule has 0 spiro atoms. The zero-order valence-electron chi connectivity index (χ0n) is 17.3. The fourth-order valence-corrected chi connectivity index (χ4v) is 4.80. The van der Waals surface area contributed by atoms with Gasteiger partial charge in [0.2, 0.25) is 5.95 Å². The normalized spacial score (nSPS) is 11.3. The van der Waals surface area contributed by atoms with Crippen molar-refractivity contribution in [2.24, 2.45) is 0 Å². The SMILES string of the molecule is Brc1ccc2c(c1)c1cc(Br)ccc1n2-c1nc(-c2ccccc2)nc(-c2ccccc2)n1. The lowest BCUT2D eigenvalue weighted by Gasteiger charge is -2.10. The Labute approximate surface area is 207 Å². The first kappa shape index (κ1) is 20.3. The molecule has 33 heavy (non-hydrogen) atoms. The van der Waals surface area contributed by atoms with Crippen LogP contribution in [0.4, 0.5) is 0 Å². The molecule has 6 heteroatoms. The summed E-state index contributed by atoms with van der Waals surface area (Å²) in [4.78, 5) is 14.7. The molecule has 0 N–H and O–H groups in total. The second-order valence-corrected chi connectivity index (χ2v) is 9.50. The summed E-state index contributed by atoms with van der Waals surface area (Å²) < 4.78 is 4.17. The van der Waals surface area contributed by atoms with Gasteiger partial charge in [-0.3, -0.25) is 4.57 Å². The van der Waals surface area contributed by atoms with Gasteiger partial charge in [-0.05, 0) is 36.4 Å². The van der Waals surface area contributed by atoms with E-state index in [1.807, 2.05) is 72.8 Å². The van der Waals surface area contributed by atoms with E-state index >= 15 is 0 Å². The second kappa shape index (κ2) is 8.21. The van der Waals surface area contributed by atoms with E-state index in [9.17, 15) is 0 Å². The van der Waals surface area contributed by atoms with Crippen LogP contribution in [0.15, 0.2) is 106 Å². The van der Waals surface area contributed by atoms with E-state index in [2.05, 4.69) is 60.7 Å². The molecule has 0 aliphatic heterocycles. The minimum atomic E-state index is 0.590. The molecule has 0 atom stereocenters. The smallest absolute Gasteiger partial charge is 0.238 e. The van der Waals surface area contributed by atoms with Gasteiger partial charge >= 0.3 is 0 Å². The third-order valence-electron chi connectivity index (χ3n) is 5.58. The van der Waals surface area contributed by atoms with Crippen molar-refractivity contribution in [2.45, 2.75) is 0 Å². The Balaban J connectivity index is 1.70. The van der Waals surface area contributed by atoms with E-state index < -0.39 is 0 Å². The van der Waals surface area contributed by atoms with Crippen molar-refractivity contribution in [1.82, 2.24) is 19.5 Å². The Bertz CT molecular complexity index is 1510. The largest absolute Gasteiger partial charge is 0.278 e. The number of halogens is 2. The van der Waals surface area contributed by atoms with Gasteiger partial charge in [-0.25, -0.2) is 4.98 Å². The molecule has 0 aliphatic carbocycles. The summed E-state index contributed by atoms with van der Waals surface area (Å²) in [7, 11) is 0. The number of hydrogen-bond donors (Lipinski definition) is 0. The highest BCUT2D eigenvalue weighted by molar-refractivity contribution is 9.10. The molecule has 0 bridgehead atoms. The molecule has 0 unspecified atom stereocenters. The predicted molar refractivity (Wildman–Crippen MR) is 140 cm³/mol. The lowest BCUT2D eigenvalue weighted by molar-refractivity contribution is 0.953. The van der Waals surface area contributed by atoms with E-state index in [4.69, 9.17) is 15.0 Å². The topological polar surface area (TPSA) is 43.6 Å². The average molecular weight is 556 g/mol. The van der Waals surface area contributed by atoms with Crippen LogP contribution in [0.25, 0.3) is 50.5 Å². The first-order valence-corrected chi connectivity index (χ1v) is 12.0. The fourth-order valence-electron chi connectivity index (χ4n) is 4.08. The fraction of sp³-hybridized carbons (Fsp3) is 0. The molecule has 0 saturated carbocycles. The first-order valence-electron chi connectivity index (χ1n) is 10.4. The summed E-state index contributed by atoms with van der Waals surface area (Å²) in [6.07, 6.45) is 0. The summed E-state index contributed by atoms with van der Waals surface area (Å²) in [5, 5.41) is 2.26. The highest BCUT2D eigenvalue weighted by Crippen LogP contribution is 2.35. The highest BCUT2D eigenvalue weighted by Gasteiger charge is 2.18. The standard InChI is InChI=1S/C27H16Br2N4/c28-19-11-13-23-21(15-19)22-16-20(29)12-14-24(22)33(23)27-31-25(17-7-3-1-4-8-17)30-26(32-27)18-9-5-2-6-10-18/h1-16H. The third-order valence-corrected chi connectivity index (χ3v) is 6.56. The number of rotatable bonds is 3. The zero-order chi connectivity index (χ0) is 22.4. The van der Waals surface area contributed by atoms with Gasteiger partial charge < -0.3 is 0 Å². The number of hydrogen-bond acceptors (Lipinski definition) is 3. The molecule has 6 rings (SSSR count). The van der Waals surface area contributed by atoms with Gasteiger partial charge in [0.15, 0.2) is 11.6 Å². The van der Waals surface area contributed by atoms with Gasteiger partial charge in [0, 0.05) is 30.8 Å². The van der Waals surface area contributed by atoms with Crippen molar-refractivity contribution in [3.8, 4) is 28.7 Å². The molecule has 4 nitrogen and oxygen atoms in total. The monoisotopic (exact) mass is 554 g/mol. The van der Waals surface area contributed by atoms with E-state index in [0.717, 1.165) is 41.9 Å². The molecular weight excluding hydrogens is 540 g/mol. The molecule has 4 aromatic carbocycles. The Morgan fingerprint density at radius 2 is 0.970 bits per heavy atom. The van der Waals surface area contributed by atoms with Crippen LogP contribution in [0, 0.1) is 0 Å². The van der Waals surface area contributed by atoms with Crippen molar-refractivity contribution in [3.63, 3.8) is 0 Å². The van der Waals surface area contributed by atoms with Gasteiger partial charge in [-0.1, -0.05) is 92.5 Å². The van der Waals surface area contributed by atoms with E-state index in [0.29, 0.717) is 17.6 Å². The van der Waals surface area contributed by atoms with Crippen molar-refractivity contribution in [1.29, 1.82) is 0 Å². The summed E-state index contributed by atoms with van der Waals surface area (Å²) in [5.41, 5.74) is 3.97. The van der Waals surface area contributed by atoms with Crippen LogP contribution < -0.4 is 0 Å². The Hall–Kier alpha value is -3.35. The van der Waals surface area contributed by atoms with Crippen LogP contribution in [-0.2, 0) is 0 Å². The zero-order valence-corrected chi connectivity index (χ0v) is 20.5. The number of benzene rings is 4.